The highest BCUT2D eigenvalue weighted by Gasteiger charge is 2.21. The normalized spacial score (nSPS) is 10.4. The smallest absolute Gasteiger partial charge is 0.257 e. The molecule has 0 aliphatic carbocycles. The highest BCUT2D eigenvalue weighted by molar-refractivity contribution is 5.77. The van der Waals surface area contributed by atoms with E-state index in [1.807, 2.05) is 6.92 Å². The summed E-state index contributed by atoms with van der Waals surface area (Å²) >= 11 is 0. The molecular formula is C12H13F4NO2. The summed E-state index contributed by atoms with van der Waals surface area (Å²) in [5, 5.41) is 2.43. The highest BCUT2D eigenvalue weighted by Crippen LogP contribution is 2.26. The molecule has 0 aromatic heterocycles. The molecule has 0 unspecified atom stereocenters. The van der Waals surface area contributed by atoms with Crippen LogP contribution in [0.25, 0.3) is 0 Å². The number of amides is 1. The van der Waals surface area contributed by atoms with Gasteiger partial charge in [-0.1, -0.05) is 13.3 Å². The van der Waals surface area contributed by atoms with Gasteiger partial charge in [0.25, 0.3) is 5.91 Å². The largest absolute Gasteiger partial charge is 0.477 e. The molecule has 1 amide bonds. The second-order valence-corrected chi connectivity index (χ2v) is 3.79. The number of hydrogen-bond donors (Lipinski definition) is 1. The van der Waals surface area contributed by atoms with Gasteiger partial charge in [0, 0.05) is 12.6 Å². The summed E-state index contributed by atoms with van der Waals surface area (Å²) in [5.41, 5.74) is 0. The summed E-state index contributed by atoms with van der Waals surface area (Å²) in [5.74, 6) is -8.36. The van der Waals surface area contributed by atoms with Crippen molar-refractivity contribution in [3.63, 3.8) is 0 Å². The Hall–Kier alpha value is -1.79. The number of hydrogen-bond acceptors (Lipinski definition) is 2. The molecule has 1 aromatic rings. The zero-order chi connectivity index (χ0) is 14.4. The van der Waals surface area contributed by atoms with Crippen molar-refractivity contribution in [2.75, 3.05) is 13.2 Å². The number of halogens is 4. The Labute approximate surface area is 107 Å². The van der Waals surface area contributed by atoms with Gasteiger partial charge in [0.05, 0.1) is 0 Å². The number of nitrogens with one attached hydrogen (secondary N) is 1. The van der Waals surface area contributed by atoms with Crippen molar-refractivity contribution in [2.45, 2.75) is 19.8 Å². The molecule has 0 saturated heterocycles. The van der Waals surface area contributed by atoms with Gasteiger partial charge in [-0.3, -0.25) is 4.79 Å². The Morgan fingerprint density at radius 1 is 1.21 bits per heavy atom. The molecule has 0 spiro atoms. The van der Waals surface area contributed by atoms with E-state index >= 15 is 0 Å². The molecule has 1 rings (SSSR count). The van der Waals surface area contributed by atoms with Gasteiger partial charge in [-0.15, -0.1) is 0 Å². The van der Waals surface area contributed by atoms with Crippen molar-refractivity contribution in [3.05, 3.63) is 29.3 Å². The first-order valence-corrected chi connectivity index (χ1v) is 5.69. The second-order valence-electron chi connectivity index (χ2n) is 3.79. The van der Waals surface area contributed by atoms with E-state index in [1.165, 1.54) is 0 Å². The van der Waals surface area contributed by atoms with Crippen molar-refractivity contribution in [2.24, 2.45) is 0 Å². The summed E-state index contributed by atoms with van der Waals surface area (Å²) in [6.07, 6.45) is 1.60. The molecule has 19 heavy (non-hydrogen) atoms. The molecule has 0 radical (unpaired) electrons. The topological polar surface area (TPSA) is 38.3 Å². The zero-order valence-corrected chi connectivity index (χ0v) is 10.2. The SMILES string of the molecule is CCCCNC(=O)COc1c(F)c(F)cc(F)c1F. The average Bonchev–Trinajstić information content (AvgIpc) is 2.37. The average molecular weight is 279 g/mol. The predicted molar refractivity (Wildman–Crippen MR) is 59.7 cm³/mol. The molecule has 3 nitrogen and oxygen atoms in total. The second kappa shape index (κ2) is 6.96. The predicted octanol–water partition coefficient (Wildman–Crippen LogP) is 2.54. The van der Waals surface area contributed by atoms with Crippen LogP contribution in [-0.2, 0) is 4.79 Å². The van der Waals surface area contributed by atoms with Gasteiger partial charge >= 0.3 is 0 Å². The van der Waals surface area contributed by atoms with Gasteiger partial charge in [0.1, 0.15) is 0 Å². The minimum absolute atomic E-state index is 0.0683. The highest BCUT2D eigenvalue weighted by atomic mass is 19.2. The molecule has 0 fully saturated rings. The first-order chi connectivity index (χ1) is 8.97. The Morgan fingerprint density at radius 3 is 2.32 bits per heavy atom. The third-order valence-electron chi connectivity index (χ3n) is 2.27. The van der Waals surface area contributed by atoms with Crippen LogP contribution in [0.2, 0.25) is 0 Å². The number of unbranched alkanes of at least 4 members (excludes halogenated alkanes) is 1. The molecule has 0 bridgehead atoms. The number of rotatable bonds is 6. The van der Waals surface area contributed by atoms with E-state index in [2.05, 4.69) is 10.1 Å². The molecular weight excluding hydrogens is 266 g/mol. The van der Waals surface area contributed by atoms with Crippen molar-refractivity contribution >= 4 is 5.91 Å². The van der Waals surface area contributed by atoms with Crippen LogP contribution < -0.4 is 10.1 Å². The summed E-state index contributed by atoms with van der Waals surface area (Å²) in [7, 11) is 0. The van der Waals surface area contributed by atoms with Crippen LogP contribution in [-0.4, -0.2) is 19.1 Å². The minimum atomic E-state index is -1.67. The minimum Gasteiger partial charge on any atom is -0.477 e. The third-order valence-corrected chi connectivity index (χ3v) is 2.27. The van der Waals surface area contributed by atoms with Gasteiger partial charge in [-0.25, -0.2) is 8.78 Å². The fraction of sp³-hybridized carbons (Fsp3) is 0.417. The zero-order valence-electron chi connectivity index (χ0n) is 10.2. The van der Waals surface area contributed by atoms with Gasteiger partial charge in [-0.2, -0.15) is 8.78 Å². The van der Waals surface area contributed by atoms with Crippen LogP contribution >= 0.6 is 0 Å². The van der Waals surface area contributed by atoms with Crippen molar-refractivity contribution in [3.8, 4) is 5.75 Å². The van der Waals surface area contributed by atoms with E-state index in [-0.39, 0.29) is 6.07 Å². The summed E-state index contributed by atoms with van der Waals surface area (Å²) < 4.78 is 56.5. The quantitative estimate of drug-likeness (QED) is 0.493. The fourth-order valence-corrected chi connectivity index (χ4v) is 1.27. The lowest BCUT2D eigenvalue weighted by Gasteiger charge is -2.09. The molecule has 106 valence electrons. The maximum absolute atomic E-state index is 13.2. The van der Waals surface area contributed by atoms with Gasteiger partial charge < -0.3 is 10.1 Å². The van der Waals surface area contributed by atoms with Crippen molar-refractivity contribution in [1.29, 1.82) is 0 Å². The van der Waals surface area contributed by atoms with E-state index < -0.39 is 41.5 Å². The summed E-state index contributed by atoms with van der Waals surface area (Å²) in [6, 6.07) is 0.0683. The van der Waals surface area contributed by atoms with Gasteiger partial charge in [-0.05, 0) is 6.42 Å². The summed E-state index contributed by atoms with van der Waals surface area (Å²) in [4.78, 5) is 11.2. The van der Waals surface area contributed by atoms with Crippen LogP contribution in [0.3, 0.4) is 0 Å². The standard InChI is InChI=1S/C12H13F4NO2/c1-2-3-4-17-9(18)6-19-12-10(15)7(13)5-8(14)11(12)16/h5H,2-4,6H2,1H3,(H,17,18). The molecule has 0 aliphatic heterocycles. The number of ether oxygens (including phenoxy) is 1. The first-order valence-electron chi connectivity index (χ1n) is 5.69. The number of carbonyl (C=O) groups is 1. The van der Waals surface area contributed by atoms with E-state index in [0.29, 0.717) is 6.54 Å². The lowest BCUT2D eigenvalue weighted by atomic mass is 10.3. The van der Waals surface area contributed by atoms with Crippen LogP contribution in [0.15, 0.2) is 6.07 Å². The Morgan fingerprint density at radius 2 is 1.79 bits per heavy atom. The van der Waals surface area contributed by atoms with E-state index in [9.17, 15) is 22.4 Å². The summed E-state index contributed by atoms with van der Waals surface area (Å²) in [6.45, 7) is 1.59. The van der Waals surface area contributed by atoms with Crippen LogP contribution in [0.4, 0.5) is 17.6 Å². The Bertz CT molecular complexity index is 439. The molecule has 7 heteroatoms. The third kappa shape index (κ3) is 4.11. The molecule has 0 atom stereocenters. The number of carbonyl (C=O) groups excluding carboxylic acids is 1. The Balaban J connectivity index is 2.65. The molecule has 1 N–H and O–H groups in total. The first kappa shape index (κ1) is 15.3. The number of benzene rings is 1. The molecule has 1 aromatic carbocycles. The van der Waals surface area contributed by atoms with Crippen molar-refractivity contribution in [1.82, 2.24) is 5.32 Å². The van der Waals surface area contributed by atoms with Crippen molar-refractivity contribution < 1.29 is 27.1 Å². The fourth-order valence-electron chi connectivity index (χ4n) is 1.27. The molecule has 0 heterocycles. The monoisotopic (exact) mass is 279 g/mol. The van der Waals surface area contributed by atoms with Gasteiger partial charge in [0.15, 0.2) is 24.0 Å². The molecule has 0 saturated carbocycles. The van der Waals surface area contributed by atoms with Crippen LogP contribution in [0, 0.1) is 23.3 Å². The van der Waals surface area contributed by atoms with E-state index in [4.69, 9.17) is 0 Å². The molecule has 0 aliphatic rings. The van der Waals surface area contributed by atoms with Crippen LogP contribution in [0.1, 0.15) is 19.8 Å². The van der Waals surface area contributed by atoms with E-state index in [0.717, 1.165) is 12.8 Å². The van der Waals surface area contributed by atoms with Crippen LogP contribution in [0.5, 0.6) is 5.75 Å². The maximum Gasteiger partial charge on any atom is 0.257 e. The van der Waals surface area contributed by atoms with E-state index in [1.54, 1.807) is 0 Å². The maximum atomic E-state index is 13.2. The lowest BCUT2D eigenvalue weighted by molar-refractivity contribution is -0.123. The lowest BCUT2D eigenvalue weighted by Crippen LogP contribution is -2.30. The Kier molecular flexibility index (Phi) is 5.59. The van der Waals surface area contributed by atoms with Gasteiger partial charge in [0.2, 0.25) is 11.6 Å².